The van der Waals surface area contributed by atoms with Crippen molar-refractivity contribution in [1.29, 1.82) is 0 Å². The fourth-order valence-corrected chi connectivity index (χ4v) is 1.21. The molecule has 0 radical (unpaired) electrons. The summed E-state index contributed by atoms with van der Waals surface area (Å²) in [4.78, 5) is 0. The molecular formula is C7H17NS. The highest BCUT2D eigenvalue weighted by atomic mass is 32.1. The molecule has 0 aromatic carbocycles. The number of thiol groups is 1. The quantitative estimate of drug-likeness (QED) is 0.581. The van der Waals surface area contributed by atoms with E-state index in [-0.39, 0.29) is 6.04 Å². The first-order chi connectivity index (χ1) is 4.22. The van der Waals surface area contributed by atoms with Crippen molar-refractivity contribution in [1.82, 2.24) is 0 Å². The zero-order valence-corrected chi connectivity index (χ0v) is 7.20. The molecule has 0 aliphatic carbocycles. The van der Waals surface area contributed by atoms with Gasteiger partial charge in [-0.2, -0.15) is 12.6 Å². The van der Waals surface area contributed by atoms with Gasteiger partial charge in [0.05, 0.1) is 0 Å². The fraction of sp³-hybridized carbons (Fsp3) is 1.00. The zero-order valence-electron chi connectivity index (χ0n) is 6.30. The van der Waals surface area contributed by atoms with E-state index in [4.69, 9.17) is 5.73 Å². The van der Waals surface area contributed by atoms with Gasteiger partial charge < -0.3 is 5.73 Å². The van der Waals surface area contributed by atoms with E-state index in [2.05, 4.69) is 26.5 Å². The highest BCUT2D eigenvalue weighted by Gasteiger charge is 2.08. The van der Waals surface area contributed by atoms with Crippen molar-refractivity contribution in [2.45, 2.75) is 32.7 Å². The molecule has 0 aliphatic heterocycles. The highest BCUT2D eigenvalue weighted by molar-refractivity contribution is 7.80. The van der Waals surface area contributed by atoms with Gasteiger partial charge in [0, 0.05) is 11.8 Å². The smallest absolute Gasteiger partial charge is 0.0153 e. The predicted octanol–water partition coefficient (Wildman–Crippen LogP) is 1.68. The highest BCUT2D eigenvalue weighted by Crippen LogP contribution is 2.08. The molecule has 0 saturated carbocycles. The molecular weight excluding hydrogens is 130 g/mol. The first-order valence-corrected chi connectivity index (χ1v) is 4.22. The van der Waals surface area contributed by atoms with Crippen molar-refractivity contribution in [2.24, 2.45) is 11.7 Å². The van der Waals surface area contributed by atoms with Crippen molar-refractivity contribution >= 4 is 12.6 Å². The topological polar surface area (TPSA) is 26.0 Å². The van der Waals surface area contributed by atoms with Gasteiger partial charge in [0.15, 0.2) is 0 Å². The van der Waals surface area contributed by atoms with Gasteiger partial charge >= 0.3 is 0 Å². The summed E-state index contributed by atoms with van der Waals surface area (Å²) in [7, 11) is 0. The number of hydrogen-bond donors (Lipinski definition) is 2. The summed E-state index contributed by atoms with van der Waals surface area (Å²) in [6.45, 7) is 4.37. The Hall–Kier alpha value is 0.310. The summed E-state index contributed by atoms with van der Waals surface area (Å²) >= 11 is 4.12. The first kappa shape index (κ1) is 9.31. The Labute approximate surface area is 63.4 Å². The van der Waals surface area contributed by atoms with E-state index in [0.717, 1.165) is 5.75 Å². The predicted molar refractivity (Wildman–Crippen MR) is 45.9 cm³/mol. The summed E-state index contributed by atoms with van der Waals surface area (Å²) in [6.07, 6.45) is 2.45. The van der Waals surface area contributed by atoms with E-state index in [1.165, 1.54) is 12.8 Å². The van der Waals surface area contributed by atoms with E-state index >= 15 is 0 Å². The lowest BCUT2D eigenvalue weighted by Crippen LogP contribution is -2.29. The zero-order chi connectivity index (χ0) is 7.28. The maximum atomic E-state index is 5.73. The normalized spacial score (nSPS) is 17.3. The minimum Gasteiger partial charge on any atom is -0.327 e. The van der Waals surface area contributed by atoms with Crippen LogP contribution in [0.25, 0.3) is 0 Å². The van der Waals surface area contributed by atoms with Crippen LogP contribution in [0.3, 0.4) is 0 Å². The largest absolute Gasteiger partial charge is 0.327 e. The Morgan fingerprint density at radius 3 is 2.44 bits per heavy atom. The Kier molecular flexibility index (Phi) is 5.30. The van der Waals surface area contributed by atoms with Gasteiger partial charge in [0.2, 0.25) is 0 Å². The summed E-state index contributed by atoms with van der Waals surface area (Å²) in [6, 6.07) is 0.285. The van der Waals surface area contributed by atoms with Crippen LogP contribution in [0, 0.1) is 5.92 Å². The molecule has 0 heterocycles. The minimum absolute atomic E-state index is 0.285. The van der Waals surface area contributed by atoms with Crippen LogP contribution < -0.4 is 5.73 Å². The molecule has 0 aromatic heterocycles. The van der Waals surface area contributed by atoms with Gasteiger partial charge in [-0.15, -0.1) is 0 Å². The molecule has 56 valence electrons. The van der Waals surface area contributed by atoms with E-state index in [1.807, 2.05) is 0 Å². The molecule has 2 atom stereocenters. The Bertz CT molecular complexity index is 65.9. The van der Waals surface area contributed by atoms with Crippen LogP contribution in [0.4, 0.5) is 0 Å². The van der Waals surface area contributed by atoms with Crippen LogP contribution in [0.1, 0.15) is 26.7 Å². The number of nitrogens with two attached hydrogens (primary N) is 1. The van der Waals surface area contributed by atoms with Gasteiger partial charge in [0.1, 0.15) is 0 Å². The summed E-state index contributed by atoms with van der Waals surface area (Å²) < 4.78 is 0. The molecule has 9 heavy (non-hydrogen) atoms. The molecule has 0 aromatic rings. The van der Waals surface area contributed by atoms with Crippen LogP contribution in [0.15, 0.2) is 0 Å². The molecule has 0 aliphatic rings. The lowest BCUT2D eigenvalue weighted by atomic mass is 9.99. The molecule has 0 bridgehead atoms. The van der Waals surface area contributed by atoms with Crippen molar-refractivity contribution in [3.8, 4) is 0 Å². The average Bonchev–Trinajstić information content (AvgIpc) is 1.87. The van der Waals surface area contributed by atoms with Crippen molar-refractivity contribution in [3.05, 3.63) is 0 Å². The van der Waals surface area contributed by atoms with Crippen molar-refractivity contribution in [2.75, 3.05) is 5.75 Å². The molecule has 0 spiro atoms. The van der Waals surface area contributed by atoms with E-state index in [0.29, 0.717) is 5.92 Å². The summed E-state index contributed by atoms with van der Waals surface area (Å²) in [5.74, 6) is 1.44. The molecule has 0 rings (SSSR count). The third-order valence-corrected chi connectivity index (χ3v) is 2.11. The monoisotopic (exact) mass is 147 g/mol. The van der Waals surface area contributed by atoms with Crippen LogP contribution in [-0.4, -0.2) is 11.8 Å². The molecule has 2 heteroatoms. The second-order valence-corrected chi connectivity index (χ2v) is 2.98. The maximum Gasteiger partial charge on any atom is 0.0153 e. The average molecular weight is 147 g/mol. The SMILES string of the molecule is CCCC(C)C(N)CS. The van der Waals surface area contributed by atoms with E-state index < -0.39 is 0 Å². The van der Waals surface area contributed by atoms with E-state index in [9.17, 15) is 0 Å². The van der Waals surface area contributed by atoms with Gasteiger partial charge in [-0.3, -0.25) is 0 Å². The number of rotatable bonds is 4. The van der Waals surface area contributed by atoms with Gasteiger partial charge in [-0.25, -0.2) is 0 Å². The first-order valence-electron chi connectivity index (χ1n) is 3.58. The van der Waals surface area contributed by atoms with Crippen LogP contribution in [0.2, 0.25) is 0 Å². The second kappa shape index (κ2) is 5.12. The minimum atomic E-state index is 0.285. The molecule has 0 fully saturated rings. The Morgan fingerprint density at radius 2 is 2.11 bits per heavy atom. The molecule has 2 unspecified atom stereocenters. The lowest BCUT2D eigenvalue weighted by Gasteiger charge is -2.15. The molecule has 0 amide bonds. The van der Waals surface area contributed by atoms with Crippen molar-refractivity contribution < 1.29 is 0 Å². The van der Waals surface area contributed by atoms with Crippen LogP contribution in [0.5, 0.6) is 0 Å². The van der Waals surface area contributed by atoms with Gasteiger partial charge in [0.25, 0.3) is 0 Å². The van der Waals surface area contributed by atoms with E-state index in [1.54, 1.807) is 0 Å². The summed E-state index contributed by atoms with van der Waals surface area (Å²) in [5.41, 5.74) is 5.73. The van der Waals surface area contributed by atoms with Crippen LogP contribution in [-0.2, 0) is 0 Å². The second-order valence-electron chi connectivity index (χ2n) is 2.61. The third-order valence-electron chi connectivity index (χ3n) is 1.69. The molecule has 1 nitrogen and oxygen atoms in total. The van der Waals surface area contributed by atoms with Gasteiger partial charge in [-0.1, -0.05) is 20.3 Å². The fourth-order valence-electron chi connectivity index (χ4n) is 0.849. The third kappa shape index (κ3) is 3.82. The standard InChI is InChI=1S/C7H17NS/c1-3-4-6(2)7(8)5-9/h6-7,9H,3-5,8H2,1-2H3. The summed E-state index contributed by atoms with van der Waals surface area (Å²) in [5, 5.41) is 0. The lowest BCUT2D eigenvalue weighted by molar-refractivity contribution is 0.451. The Balaban J connectivity index is 3.32. The molecule has 2 N–H and O–H groups in total. The van der Waals surface area contributed by atoms with Crippen molar-refractivity contribution in [3.63, 3.8) is 0 Å². The maximum absolute atomic E-state index is 5.73. The number of hydrogen-bond acceptors (Lipinski definition) is 2. The van der Waals surface area contributed by atoms with Crippen LogP contribution >= 0.6 is 12.6 Å². The van der Waals surface area contributed by atoms with Gasteiger partial charge in [-0.05, 0) is 12.3 Å². The Morgan fingerprint density at radius 1 is 1.56 bits per heavy atom. The molecule has 0 saturated heterocycles.